The Labute approximate surface area is 153 Å². The smallest absolute Gasteiger partial charge is 0.126 e. The first kappa shape index (κ1) is 19.2. The highest BCUT2D eigenvalue weighted by Gasteiger charge is 2.12. The van der Waals surface area contributed by atoms with Crippen LogP contribution in [0.15, 0.2) is 42.6 Å². The molecule has 0 bridgehead atoms. The molecule has 0 aliphatic rings. The zero-order valence-corrected chi connectivity index (χ0v) is 16.1. The Kier molecular flexibility index (Phi) is 7.72. The predicted molar refractivity (Wildman–Crippen MR) is 107 cm³/mol. The number of aryl methyl sites for hydroxylation is 2. The van der Waals surface area contributed by atoms with E-state index in [-0.39, 0.29) is 0 Å². The van der Waals surface area contributed by atoms with E-state index in [0.29, 0.717) is 0 Å². The summed E-state index contributed by atoms with van der Waals surface area (Å²) in [7, 11) is 1.75. The summed E-state index contributed by atoms with van der Waals surface area (Å²) in [6, 6.07) is 8.65. The molecule has 0 fully saturated rings. The van der Waals surface area contributed by atoms with Gasteiger partial charge in [0, 0.05) is 23.4 Å². The van der Waals surface area contributed by atoms with Gasteiger partial charge in [0.1, 0.15) is 5.75 Å². The number of hydrogen-bond acceptors (Lipinski definition) is 2. The molecule has 25 heavy (non-hydrogen) atoms. The lowest BCUT2D eigenvalue weighted by Crippen LogP contribution is -1.99. The maximum absolute atomic E-state index is 5.66. The molecule has 1 heterocycles. The third-order valence-electron chi connectivity index (χ3n) is 4.65. The molecule has 0 radical (unpaired) electrons. The van der Waals surface area contributed by atoms with Gasteiger partial charge in [-0.05, 0) is 36.8 Å². The van der Waals surface area contributed by atoms with Crippen molar-refractivity contribution in [3.8, 4) is 17.0 Å². The minimum atomic E-state index is 0.871. The van der Waals surface area contributed by atoms with Crippen molar-refractivity contribution in [2.24, 2.45) is 0 Å². The van der Waals surface area contributed by atoms with Crippen molar-refractivity contribution in [3.05, 3.63) is 59.3 Å². The van der Waals surface area contributed by atoms with E-state index in [0.717, 1.165) is 42.7 Å². The number of rotatable bonds is 9. The number of allylic oxidation sites excluding steroid dienone is 2. The maximum Gasteiger partial charge on any atom is 0.126 e. The molecule has 0 atom stereocenters. The predicted octanol–water partition coefficient (Wildman–Crippen LogP) is 6.17. The maximum atomic E-state index is 5.66. The van der Waals surface area contributed by atoms with Crippen LogP contribution < -0.4 is 4.74 Å². The van der Waals surface area contributed by atoms with E-state index in [1.165, 1.54) is 29.5 Å². The molecule has 2 aromatic rings. The van der Waals surface area contributed by atoms with Crippen molar-refractivity contribution < 1.29 is 4.74 Å². The second kappa shape index (κ2) is 10.0. The molecule has 134 valence electrons. The van der Waals surface area contributed by atoms with Crippen LogP contribution in [-0.2, 0) is 19.3 Å². The van der Waals surface area contributed by atoms with Crippen molar-refractivity contribution in [2.75, 3.05) is 7.11 Å². The summed E-state index contributed by atoms with van der Waals surface area (Å²) in [5, 5.41) is 0. The molecule has 0 amide bonds. The first-order chi connectivity index (χ1) is 12.2. The van der Waals surface area contributed by atoms with E-state index in [4.69, 9.17) is 9.72 Å². The van der Waals surface area contributed by atoms with Crippen LogP contribution in [-0.4, -0.2) is 12.1 Å². The fourth-order valence-electron chi connectivity index (χ4n) is 3.17. The molecular formula is C23H31NO. The van der Waals surface area contributed by atoms with Crippen LogP contribution >= 0.6 is 0 Å². The van der Waals surface area contributed by atoms with Gasteiger partial charge in [0.25, 0.3) is 0 Å². The van der Waals surface area contributed by atoms with E-state index in [9.17, 15) is 0 Å². The van der Waals surface area contributed by atoms with Crippen molar-refractivity contribution in [2.45, 2.75) is 59.3 Å². The zero-order valence-electron chi connectivity index (χ0n) is 16.1. The monoisotopic (exact) mass is 337 g/mol. The summed E-state index contributed by atoms with van der Waals surface area (Å²) >= 11 is 0. The summed E-state index contributed by atoms with van der Waals surface area (Å²) < 4.78 is 5.66. The number of benzene rings is 1. The number of pyridine rings is 1. The molecule has 0 aliphatic carbocycles. The molecule has 0 saturated heterocycles. The molecule has 2 rings (SSSR count). The number of ether oxygens (including phenoxy) is 1. The highest BCUT2D eigenvalue weighted by Crippen LogP contribution is 2.31. The molecule has 0 aliphatic heterocycles. The highest BCUT2D eigenvalue weighted by molar-refractivity contribution is 5.69. The summed E-state index contributed by atoms with van der Waals surface area (Å²) in [5.41, 5.74) is 6.13. The second-order valence-corrected chi connectivity index (χ2v) is 6.36. The summed E-state index contributed by atoms with van der Waals surface area (Å²) in [5.74, 6) is 0.929. The number of methoxy groups -OCH3 is 1. The van der Waals surface area contributed by atoms with Crippen molar-refractivity contribution >= 4 is 0 Å². The Balaban J connectivity index is 2.32. The van der Waals surface area contributed by atoms with Crippen LogP contribution in [0.3, 0.4) is 0 Å². The van der Waals surface area contributed by atoms with Crippen molar-refractivity contribution in [1.82, 2.24) is 4.98 Å². The average Bonchev–Trinajstić information content (AvgIpc) is 2.67. The standard InChI is InChI=1S/C23H31NO/c1-5-8-9-10-11-13-20-17-24-21(16-22(20)25-4)23-18(6-2)14-12-15-19(23)7-3/h10-12,14-17H,5-9,13H2,1-4H3. The van der Waals surface area contributed by atoms with Gasteiger partial charge in [-0.2, -0.15) is 0 Å². The molecule has 0 N–H and O–H groups in total. The summed E-state index contributed by atoms with van der Waals surface area (Å²) in [6.07, 6.45) is 13.0. The fraction of sp³-hybridized carbons (Fsp3) is 0.435. The van der Waals surface area contributed by atoms with Gasteiger partial charge in [0.15, 0.2) is 0 Å². The van der Waals surface area contributed by atoms with Gasteiger partial charge in [-0.15, -0.1) is 0 Å². The lowest BCUT2D eigenvalue weighted by Gasteiger charge is -2.15. The van der Waals surface area contributed by atoms with Crippen LogP contribution in [0.5, 0.6) is 5.75 Å². The normalized spacial score (nSPS) is 11.2. The van der Waals surface area contributed by atoms with Crippen molar-refractivity contribution in [1.29, 1.82) is 0 Å². The average molecular weight is 338 g/mol. The van der Waals surface area contributed by atoms with Crippen molar-refractivity contribution in [3.63, 3.8) is 0 Å². The van der Waals surface area contributed by atoms with Crippen LogP contribution in [0.1, 0.15) is 56.7 Å². The largest absolute Gasteiger partial charge is 0.496 e. The summed E-state index contributed by atoms with van der Waals surface area (Å²) in [4.78, 5) is 4.78. The molecule has 2 heteroatoms. The topological polar surface area (TPSA) is 22.1 Å². The molecule has 0 saturated carbocycles. The van der Waals surface area contributed by atoms with Crippen LogP contribution in [0.4, 0.5) is 0 Å². The van der Waals surface area contributed by atoms with Gasteiger partial charge in [0.2, 0.25) is 0 Å². The Hall–Kier alpha value is -2.09. The third-order valence-corrected chi connectivity index (χ3v) is 4.65. The van der Waals surface area contributed by atoms with E-state index in [2.05, 4.69) is 57.2 Å². The van der Waals surface area contributed by atoms with Gasteiger partial charge < -0.3 is 4.74 Å². The van der Waals surface area contributed by atoms with Gasteiger partial charge in [0.05, 0.1) is 12.8 Å². The lowest BCUT2D eigenvalue weighted by atomic mass is 9.94. The Bertz CT molecular complexity index is 681. The third kappa shape index (κ3) is 4.94. The number of hydrogen-bond donors (Lipinski definition) is 0. The molecule has 1 aromatic carbocycles. The lowest BCUT2D eigenvalue weighted by molar-refractivity contribution is 0.410. The Morgan fingerprint density at radius 3 is 2.32 bits per heavy atom. The number of nitrogens with zero attached hydrogens (tertiary/aromatic N) is 1. The minimum Gasteiger partial charge on any atom is -0.496 e. The number of unbranched alkanes of at least 4 members (excludes halogenated alkanes) is 2. The minimum absolute atomic E-state index is 0.871. The first-order valence-corrected chi connectivity index (χ1v) is 9.54. The fourth-order valence-corrected chi connectivity index (χ4v) is 3.17. The zero-order chi connectivity index (χ0) is 18.1. The van der Waals surface area contributed by atoms with E-state index in [1.807, 2.05) is 6.20 Å². The molecular weight excluding hydrogens is 306 g/mol. The van der Waals surface area contributed by atoms with E-state index < -0.39 is 0 Å². The quantitative estimate of drug-likeness (QED) is 0.403. The van der Waals surface area contributed by atoms with Gasteiger partial charge in [-0.3, -0.25) is 4.98 Å². The van der Waals surface area contributed by atoms with Gasteiger partial charge >= 0.3 is 0 Å². The Morgan fingerprint density at radius 1 is 1.00 bits per heavy atom. The van der Waals surface area contributed by atoms with E-state index in [1.54, 1.807) is 7.11 Å². The van der Waals surface area contributed by atoms with Crippen LogP contribution in [0, 0.1) is 0 Å². The number of aromatic nitrogens is 1. The summed E-state index contributed by atoms with van der Waals surface area (Å²) in [6.45, 7) is 6.62. The van der Waals surface area contributed by atoms with Crippen LogP contribution in [0.2, 0.25) is 0 Å². The van der Waals surface area contributed by atoms with Crippen LogP contribution in [0.25, 0.3) is 11.3 Å². The highest BCUT2D eigenvalue weighted by atomic mass is 16.5. The second-order valence-electron chi connectivity index (χ2n) is 6.36. The molecule has 2 nitrogen and oxygen atoms in total. The Morgan fingerprint density at radius 2 is 1.72 bits per heavy atom. The SMILES string of the molecule is CCCCC=CCc1cnc(-c2c(CC)cccc2CC)cc1OC. The molecule has 0 spiro atoms. The molecule has 1 aromatic heterocycles. The first-order valence-electron chi connectivity index (χ1n) is 9.54. The van der Waals surface area contributed by atoms with Gasteiger partial charge in [-0.25, -0.2) is 0 Å². The van der Waals surface area contributed by atoms with E-state index >= 15 is 0 Å². The molecule has 0 unspecified atom stereocenters. The van der Waals surface area contributed by atoms with Gasteiger partial charge in [-0.1, -0.05) is 64.0 Å².